The molecule has 0 saturated heterocycles. The lowest BCUT2D eigenvalue weighted by Crippen LogP contribution is -2.43. The average Bonchev–Trinajstić information content (AvgIpc) is 3.45. The molecular weight excluding hydrogens is 314 g/mol. The molecule has 1 aromatic rings. The Morgan fingerprint density at radius 2 is 1.88 bits per heavy atom. The summed E-state index contributed by atoms with van der Waals surface area (Å²) in [5, 5.41) is 9.98. The zero-order valence-corrected chi connectivity index (χ0v) is 15.6. The van der Waals surface area contributed by atoms with Gasteiger partial charge in [-0.1, -0.05) is 38.1 Å². The Bertz CT molecular complexity index is 579. The molecular formula is C21H31NO3. The zero-order chi connectivity index (χ0) is 18.0. The van der Waals surface area contributed by atoms with Crippen LogP contribution in [-0.4, -0.2) is 41.3 Å². The van der Waals surface area contributed by atoms with Gasteiger partial charge in [0.1, 0.15) is 0 Å². The summed E-state index contributed by atoms with van der Waals surface area (Å²) < 4.78 is 5.37. The second-order valence-electron chi connectivity index (χ2n) is 7.95. The average molecular weight is 345 g/mol. The van der Waals surface area contributed by atoms with Gasteiger partial charge in [-0.25, -0.2) is 0 Å². The van der Waals surface area contributed by atoms with Crippen molar-refractivity contribution in [2.75, 3.05) is 7.11 Å². The van der Waals surface area contributed by atoms with Crippen molar-refractivity contribution in [3.05, 3.63) is 35.4 Å². The fraction of sp³-hybridized carbons (Fsp3) is 0.667. The van der Waals surface area contributed by atoms with Gasteiger partial charge in [0, 0.05) is 25.6 Å². The number of aliphatic hydroxyl groups is 1. The van der Waals surface area contributed by atoms with Crippen LogP contribution in [0.3, 0.4) is 0 Å². The molecule has 4 heteroatoms. The van der Waals surface area contributed by atoms with E-state index < -0.39 is 6.10 Å². The third kappa shape index (κ3) is 4.42. The Balaban J connectivity index is 1.67. The van der Waals surface area contributed by atoms with E-state index in [1.54, 1.807) is 7.11 Å². The highest BCUT2D eigenvalue weighted by Crippen LogP contribution is 2.34. The van der Waals surface area contributed by atoms with Crippen LogP contribution in [0.2, 0.25) is 0 Å². The van der Waals surface area contributed by atoms with E-state index in [1.165, 1.54) is 11.1 Å². The van der Waals surface area contributed by atoms with E-state index in [9.17, 15) is 9.90 Å². The normalized spacial score (nSPS) is 26.7. The summed E-state index contributed by atoms with van der Waals surface area (Å²) in [5.74, 6) is 0.739. The number of amides is 1. The lowest BCUT2D eigenvalue weighted by Gasteiger charge is -2.35. The number of nitrogens with zero attached hydrogens (tertiary/aromatic N) is 1. The lowest BCUT2D eigenvalue weighted by atomic mass is 9.84. The maximum Gasteiger partial charge on any atom is 0.226 e. The lowest BCUT2D eigenvalue weighted by molar-refractivity contribution is -0.142. The van der Waals surface area contributed by atoms with Gasteiger partial charge >= 0.3 is 0 Å². The predicted octanol–water partition coefficient (Wildman–Crippen LogP) is 3.48. The van der Waals surface area contributed by atoms with Crippen molar-refractivity contribution >= 4 is 5.91 Å². The molecule has 0 spiro atoms. The van der Waals surface area contributed by atoms with Gasteiger partial charge < -0.3 is 14.7 Å². The highest BCUT2D eigenvalue weighted by Gasteiger charge is 2.39. The first kappa shape index (κ1) is 18.4. The maximum absolute atomic E-state index is 13.1. The highest BCUT2D eigenvalue weighted by atomic mass is 16.5. The molecule has 1 N–H and O–H groups in total. The molecule has 0 bridgehead atoms. The molecule has 0 aliphatic heterocycles. The number of carbonyl (C=O) groups excluding carboxylic acids is 1. The van der Waals surface area contributed by atoms with Crippen LogP contribution in [0.4, 0.5) is 0 Å². The fourth-order valence-electron chi connectivity index (χ4n) is 3.80. The number of carbonyl (C=O) groups is 1. The van der Waals surface area contributed by atoms with Crippen molar-refractivity contribution in [2.24, 2.45) is 5.92 Å². The van der Waals surface area contributed by atoms with E-state index in [1.807, 2.05) is 0 Å². The first-order valence-corrected chi connectivity index (χ1v) is 9.59. The Hall–Kier alpha value is -1.39. The number of aliphatic hydroxyl groups excluding tert-OH is 1. The van der Waals surface area contributed by atoms with Crippen molar-refractivity contribution in [1.29, 1.82) is 0 Å². The summed E-state index contributed by atoms with van der Waals surface area (Å²) in [4.78, 5) is 15.2. The molecule has 1 aromatic carbocycles. The minimum Gasteiger partial charge on any atom is -0.390 e. The molecule has 2 saturated carbocycles. The SMILES string of the molecule is CO[C@@H]1C[C@H](C(=O)N(Cc2ccc(C(C)C)cc2)C2CC2)CC[C@@H]1O. The van der Waals surface area contributed by atoms with Crippen LogP contribution in [0.15, 0.2) is 24.3 Å². The predicted molar refractivity (Wildman–Crippen MR) is 98.2 cm³/mol. The van der Waals surface area contributed by atoms with Crippen molar-refractivity contribution in [1.82, 2.24) is 4.90 Å². The van der Waals surface area contributed by atoms with E-state index in [4.69, 9.17) is 4.74 Å². The van der Waals surface area contributed by atoms with Gasteiger partial charge in [0.25, 0.3) is 0 Å². The zero-order valence-electron chi connectivity index (χ0n) is 15.6. The van der Waals surface area contributed by atoms with Gasteiger partial charge in [-0.2, -0.15) is 0 Å². The number of hydrogen-bond donors (Lipinski definition) is 1. The largest absolute Gasteiger partial charge is 0.390 e. The Kier molecular flexibility index (Phi) is 5.80. The van der Waals surface area contributed by atoms with Crippen molar-refractivity contribution in [2.45, 2.75) is 76.7 Å². The number of methoxy groups -OCH3 is 1. The molecule has 1 amide bonds. The number of benzene rings is 1. The van der Waals surface area contributed by atoms with E-state index in [0.717, 1.165) is 19.3 Å². The smallest absolute Gasteiger partial charge is 0.226 e. The summed E-state index contributed by atoms with van der Waals surface area (Å²) >= 11 is 0. The molecule has 0 unspecified atom stereocenters. The van der Waals surface area contributed by atoms with Crippen LogP contribution >= 0.6 is 0 Å². The topological polar surface area (TPSA) is 49.8 Å². The van der Waals surface area contributed by atoms with Crippen molar-refractivity contribution in [3.8, 4) is 0 Å². The van der Waals surface area contributed by atoms with E-state index in [0.29, 0.717) is 31.3 Å². The molecule has 4 nitrogen and oxygen atoms in total. The summed E-state index contributed by atoms with van der Waals surface area (Å²) in [7, 11) is 1.62. The van der Waals surface area contributed by atoms with Crippen molar-refractivity contribution < 1.29 is 14.6 Å². The first-order valence-electron chi connectivity index (χ1n) is 9.59. The molecule has 2 fully saturated rings. The second kappa shape index (κ2) is 7.88. The molecule has 2 aliphatic rings. The van der Waals surface area contributed by atoms with E-state index in [-0.39, 0.29) is 17.9 Å². The number of hydrogen-bond acceptors (Lipinski definition) is 3. The molecule has 25 heavy (non-hydrogen) atoms. The fourth-order valence-corrected chi connectivity index (χ4v) is 3.80. The number of rotatable bonds is 6. The van der Waals surface area contributed by atoms with Crippen LogP contribution in [0, 0.1) is 5.92 Å². The summed E-state index contributed by atoms with van der Waals surface area (Å²) in [5.41, 5.74) is 2.53. The summed E-state index contributed by atoms with van der Waals surface area (Å²) in [6, 6.07) is 9.05. The third-order valence-electron chi connectivity index (χ3n) is 5.68. The van der Waals surface area contributed by atoms with Crippen molar-refractivity contribution in [3.63, 3.8) is 0 Å². The van der Waals surface area contributed by atoms with Gasteiger partial charge in [0.2, 0.25) is 5.91 Å². The molecule has 0 radical (unpaired) electrons. The van der Waals surface area contributed by atoms with E-state index >= 15 is 0 Å². The van der Waals surface area contributed by atoms with Crippen LogP contribution in [0.1, 0.15) is 63.0 Å². The summed E-state index contributed by atoms with van der Waals surface area (Å²) in [6.45, 7) is 5.08. The van der Waals surface area contributed by atoms with Gasteiger partial charge in [-0.15, -0.1) is 0 Å². The van der Waals surface area contributed by atoms with Crippen LogP contribution in [-0.2, 0) is 16.1 Å². The van der Waals surface area contributed by atoms with Crippen LogP contribution in [0.25, 0.3) is 0 Å². The first-order chi connectivity index (χ1) is 12.0. The molecule has 3 atom stereocenters. The molecule has 2 aliphatic carbocycles. The second-order valence-corrected chi connectivity index (χ2v) is 7.95. The highest BCUT2D eigenvalue weighted by molar-refractivity contribution is 5.79. The van der Waals surface area contributed by atoms with Gasteiger partial charge in [-0.3, -0.25) is 4.79 Å². The molecule has 138 valence electrons. The Morgan fingerprint density at radius 3 is 2.44 bits per heavy atom. The minimum atomic E-state index is -0.438. The van der Waals surface area contributed by atoms with Gasteiger partial charge in [0.15, 0.2) is 0 Å². The Labute approximate surface area is 151 Å². The summed E-state index contributed by atoms with van der Waals surface area (Å²) in [6.07, 6.45) is 3.61. The maximum atomic E-state index is 13.1. The van der Waals surface area contributed by atoms with E-state index in [2.05, 4.69) is 43.0 Å². The van der Waals surface area contributed by atoms with Gasteiger partial charge in [0.05, 0.1) is 12.2 Å². The Morgan fingerprint density at radius 1 is 1.20 bits per heavy atom. The quantitative estimate of drug-likeness (QED) is 0.859. The minimum absolute atomic E-state index is 0.0242. The molecule has 3 rings (SSSR count). The molecule has 0 aromatic heterocycles. The van der Waals surface area contributed by atoms with Gasteiger partial charge in [-0.05, 0) is 49.1 Å². The third-order valence-corrected chi connectivity index (χ3v) is 5.68. The van der Waals surface area contributed by atoms with Crippen LogP contribution in [0.5, 0.6) is 0 Å². The standard InChI is InChI=1S/C21H31NO3/c1-14(2)16-6-4-15(5-7-16)13-22(18-9-10-18)21(24)17-8-11-19(23)20(12-17)25-3/h4-7,14,17-20,23H,8-13H2,1-3H3/t17-,19+,20-/m1/s1. The monoisotopic (exact) mass is 345 g/mol. The molecule has 0 heterocycles. The number of ether oxygens (including phenoxy) is 1. The van der Waals surface area contributed by atoms with Crippen LogP contribution < -0.4 is 0 Å².